The molecule has 0 saturated heterocycles. The summed E-state index contributed by atoms with van der Waals surface area (Å²) in [7, 11) is 0. The first-order valence-electron chi connectivity index (χ1n) is 4.55. The first kappa shape index (κ1) is 9.92. The number of halogens is 1. The smallest absolute Gasteiger partial charge is 0.342 e. The molecule has 1 heterocycles. The standard InChI is InChI=1S/C10H10FNO3/c11-6-2-1-5-7(12)3-4-15-9(5)8(6)10(13)14/h1-2,7H,3-4,12H2,(H,13,14)/t7-/m1/s1. The molecule has 5 heteroatoms. The molecule has 0 saturated carbocycles. The number of carbonyl (C=O) groups is 1. The highest BCUT2D eigenvalue weighted by molar-refractivity contribution is 5.92. The van der Waals surface area contributed by atoms with E-state index in [1.165, 1.54) is 6.07 Å². The monoisotopic (exact) mass is 211 g/mol. The zero-order valence-corrected chi connectivity index (χ0v) is 7.87. The molecule has 0 radical (unpaired) electrons. The van der Waals surface area contributed by atoms with Gasteiger partial charge in [0.2, 0.25) is 0 Å². The van der Waals surface area contributed by atoms with E-state index in [0.29, 0.717) is 18.6 Å². The van der Waals surface area contributed by atoms with E-state index in [2.05, 4.69) is 0 Å². The topological polar surface area (TPSA) is 72.5 Å². The van der Waals surface area contributed by atoms with Crippen molar-refractivity contribution >= 4 is 5.97 Å². The van der Waals surface area contributed by atoms with Gasteiger partial charge in [0, 0.05) is 18.0 Å². The van der Waals surface area contributed by atoms with Gasteiger partial charge in [-0.1, -0.05) is 6.07 Å². The molecule has 1 atom stereocenters. The van der Waals surface area contributed by atoms with Gasteiger partial charge in [-0.3, -0.25) is 0 Å². The van der Waals surface area contributed by atoms with Crippen molar-refractivity contribution in [1.29, 1.82) is 0 Å². The van der Waals surface area contributed by atoms with Crippen molar-refractivity contribution < 1.29 is 19.0 Å². The summed E-state index contributed by atoms with van der Waals surface area (Å²) in [6, 6.07) is 2.30. The maximum absolute atomic E-state index is 13.3. The molecular formula is C10H10FNO3. The van der Waals surface area contributed by atoms with Crippen LogP contribution in [0.4, 0.5) is 4.39 Å². The number of carboxylic acids is 1. The van der Waals surface area contributed by atoms with Crippen molar-refractivity contribution in [3.8, 4) is 5.75 Å². The summed E-state index contributed by atoms with van der Waals surface area (Å²) >= 11 is 0. The minimum Gasteiger partial charge on any atom is -0.492 e. The third kappa shape index (κ3) is 1.55. The number of hydrogen-bond acceptors (Lipinski definition) is 3. The first-order valence-corrected chi connectivity index (χ1v) is 4.55. The summed E-state index contributed by atoms with van der Waals surface area (Å²) in [4.78, 5) is 10.8. The number of rotatable bonds is 1. The number of benzene rings is 1. The van der Waals surface area contributed by atoms with Crippen molar-refractivity contribution in [2.45, 2.75) is 12.5 Å². The van der Waals surface area contributed by atoms with Gasteiger partial charge in [-0.05, 0) is 6.07 Å². The van der Waals surface area contributed by atoms with E-state index in [9.17, 15) is 9.18 Å². The van der Waals surface area contributed by atoms with Crippen LogP contribution in [0.3, 0.4) is 0 Å². The van der Waals surface area contributed by atoms with Gasteiger partial charge in [-0.25, -0.2) is 9.18 Å². The molecule has 3 N–H and O–H groups in total. The average Bonchev–Trinajstić information content (AvgIpc) is 2.17. The Balaban J connectivity index is 2.63. The molecule has 0 aromatic heterocycles. The van der Waals surface area contributed by atoms with E-state index in [4.69, 9.17) is 15.6 Å². The van der Waals surface area contributed by atoms with E-state index in [0.717, 1.165) is 6.07 Å². The third-order valence-electron chi connectivity index (χ3n) is 2.43. The van der Waals surface area contributed by atoms with Crippen LogP contribution in [0.5, 0.6) is 5.75 Å². The number of carboxylic acid groups (broad SMARTS) is 1. The molecule has 0 fully saturated rings. The number of ether oxygens (including phenoxy) is 1. The molecule has 1 aliphatic rings. The highest BCUT2D eigenvalue weighted by atomic mass is 19.1. The summed E-state index contributed by atoms with van der Waals surface area (Å²) in [5, 5.41) is 8.85. The van der Waals surface area contributed by atoms with Crippen molar-refractivity contribution in [3.63, 3.8) is 0 Å². The first-order chi connectivity index (χ1) is 7.11. The maximum Gasteiger partial charge on any atom is 0.342 e. The molecule has 0 bridgehead atoms. The van der Waals surface area contributed by atoms with Crippen LogP contribution < -0.4 is 10.5 Å². The quantitative estimate of drug-likeness (QED) is 0.734. The van der Waals surface area contributed by atoms with E-state index in [-0.39, 0.29) is 11.8 Å². The Morgan fingerprint density at radius 2 is 2.33 bits per heavy atom. The van der Waals surface area contributed by atoms with Gasteiger partial charge in [0.15, 0.2) is 0 Å². The van der Waals surface area contributed by atoms with Gasteiger partial charge in [-0.15, -0.1) is 0 Å². The van der Waals surface area contributed by atoms with Crippen molar-refractivity contribution in [2.24, 2.45) is 5.73 Å². The SMILES string of the molecule is N[C@@H]1CCOc2c1ccc(F)c2C(=O)O. The lowest BCUT2D eigenvalue weighted by atomic mass is 9.98. The average molecular weight is 211 g/mol. The summed E-state index contributed by atoms with van der Waals surface area (Å²) in [6.45, 7) is 0.317. The van der Waals surface area contributed by atoms with Gasteiger partial charge in [0.25, 0.3) is 0 Å². The van der Waals surface area contributed by atoms with Crippen molar-refractivity contribution in [3.05, 3.63) is 29.1 Å². The fraction of sp³-hybridized carbons (Fsp3) is 0.300. The fourth-order valence-corrected chi connectivity index (χ4v) is 1.66. The largest absolute Gasteiger partial charge is 0.492 e. The van der Waals surface area contributed by atoms with Crippen LogP contribution in [-0.2, 0) is 0 Å². The van der Waals surface area contributed by atoms with Crippen LogP contribution in [-0.4, -0.2) is 17.7 Å². The van der Waals surface area contributed by atoms with Crippen LogP contribution >= 0.6 is 0 Å². The maximum atomic E-state index is 13.3. The predicted molar refractivity (Wildman–Crippen MR) is 50.4 cm³/mol. The number of fused-ring (bicyclic) bond motifs is 1. The molecule has 1 aliphatic heterocycles. The summed E-state index contributed by atoms with van der Waals surface area (Å²) in [6.07, 6.45) is 0.609. The molecule has 4 nitrogen and oxygen atoms in total. The van der Waals surface area contributed by atoms with Crippen LogP contribution in [0.1, 0.15) is 28.4 Å². The molecule has 0 aliphatic carbocycles. The molecule has 0 amide bonds. The van der Waals surface area contributed by atoms with Crippen LogP contribution in [0.25, 0.3) is 0 Å². The summed E-state index contributed by atoms with van der Waals surface area (Å²) in [5.41, 5.74) is 5.90. The lowest BCUT2D eigenvalue weighted by molar-refractivity contribution is 0.0685. The number of hydrogen-bond donors (Lipinski definition) is 2. The second-order valence-corrected chi connectivity index (χ2v) is 3.39. The molecule has 1 aromatic rings. The lowest BCUT2D eigenvalue weighted by Gasteiger charge is -2.24. The Morgan fingerprint density at radius 3 is 3.00 bits per heavy atom. The number of aromatic carboxylic acids is 1. The predicted octanol–water partition coefficient (Wildman–Crippen LogP) is 1.31. The molecule has 15 heavy (non-hydrogen) atoms. The zero-order valence-electron chi connectivity index (χ0n) is 7.87. The van der Waals surface area contributed by atoms with Gasteiger partial charge < -0.3 is 15.6 Å². The second kappa shape index (κ2) is 3.51. The molecule has 0 spiro atoms. The highest BCUT2D eigenvalue weighted by Gasteiger charge is 2.26. The van der Waals surface area contributed by atoms with Gasteiger partial charge in [0.05, 0.1) is 6.61 Å². The fourth-order valence-electron chi connectivity index (χ4n) is 1.66. The number of nitrogens with two attached hydrogens (primary N) is 1. The molecular weight excluding hydrogens is 201 g/mol. The van der Waals surface area contributed by atoms with E-state index in [1.54, 1.807) is 0 Å². The summed E-state index contributed by atoms with van der Waals surface area (Å²) < 4.78 is 18.4. The van der Waals surface area contributed by atoms with Gasteiger partial charge in [-0.2, -0.15) is 0 Å². The Labute approximate surface area is 85.5 Å². The van der Waals surface area contributed by atoms with E-state index < -0.39 is 17.3 Å². The Hall–Kier alpha value is -1.62. The summed E-state index contributed by atoms with van der Waals surface area (Å²) in [5.74, 6) is -2.06. The van der Waals surface area contributed by atoms with Crippen LogP contribution in [0.2, 0.25) is 0 Å². The Kier molecular flexibility index (Phi) is 2.32. The van der Waals surface area contributed by atoms with Crippen molar-refractivity contribution in [2.75, 3.05) is 6.61 Å². The molecule has 80 valence electrons. The van der Waals surface area contributed by atoms with Crippen LogP contribution in [0, 0.1) is 5.82 Å². The van der Waals surface area contributed by atoms with Crippen molar-refractivity contribution in [1.82, 2.24) is 0 Å². The highest BCUT2D eigenvalue weighted by Crippen LogP contribution is 2.34. The van der Waals surface area contributed by atoms with Gasteiger partial charge in [0.1, 0.15) is 17.1 Å². The third-order valence-corrected chi connectivity index (χ3v) is 2.43. The molecule has 0 unspecified atom stereocenters. The second-order valence-electron chi connectivity index (χ2n) is 3.39. The Bertz CT molecular complexity index is 419. The zero-order chi connectivity index (χ0) is 11.0. The van der Waals surface area contributed by atoms with E-state index in [1.807, 2.05) is 0 Å². The minimum absolute atomic E-state index is 0.0706. The normalized spacial score (nSPS) is 19.2. The van der Waals surface area contributed by atoms with Crippen LogP contribution in [0.15, 0.2) is 12.1 Å². The van der Waals surface area contributed by atoms with Gasteiger partial charge >= 0.3 is 5.97 Å². The Morgan fingerprint density at radius 1 is 1.60 bits per heavy atom. The lowest BCUT2D eigenvalue weighted by Crippen LogP contribution is -2.22. The molecule has 1 aromatic carbocycles. The molecule has 2 rings (SSSR count). The van der Waals surface area contributed by atoms with E-state index >= 15 is 0 Å². The minimum atomic E-state index is -1.33.